The molecule has 6 aromatic rings. The van der Waals surface area contributed by atoms with Crippen molar-refractivity contribution in [3.8, 4) is 22.8 Å². The highest BCUT2D eigenvalue weighted by atomic mass is 16.2. The zero-order valence-electron chi connectivity index (χ0n) is 30.5. The smallest absolute Gasteiger partial charge is 0.254 e. The number of nitrogens with zero attached hydrogens (tertiary/aromatic N) is 6. The van der Waals surface area contributed by atoms with Crippen LogP contribution in [-0.4, -0.2) is 83.5 Å². The molecule has 0 unspecified atom stereocenters. The van der Waals surface area contributed by atoms with Crippen LogP contribution in [-0.2, 0) is 23.7 Å². The maximum Gasteiger partial charge on any atom is 0.254 e. The number of anilines is 1. The Balaban J connectivity index is 0.934. The highest BCUT2D eigenvalue weighted by Gasteiger charge is 2.42. The molecule has 55 heavy (non-hydrogen) atoms. The van der Waals surface area contributed by atoms with Gasteiger partial charge in [0.1, 0.15) is 35.4 Å². The summed E-state index contributed by atoms with van der Waals surface area (Å²) in [7, 11) is 3.80. The average Bonchev–Trinajstić information content (AvgIpc) is 4.00. The Morgan fingerprint density at radius 2 is 1.13 bits per heavy atom. The average molecular weight is 736 g/mol. The number of imidazole rings is 2. The van der Waals surface area contributed by atoms with Gasteiger partial charge in [0.2, 0.25) is 11.8 Å². The second kappa shape index (κ2) is 13.9. The second-order valence-electron chi connectivity index (χ2n) is 14.2. The van der Waals surface area contributed by atoms with E-state index in [1.165, 1.54) is 0 Å². The van der Waals surface area contributed by atoms with Crippen LogP contribution in [0.2, 0.25) is 0 Å². The van der Waals surface area contributed by atoms with Gasteiger partial charge in [-0.2, -0.15) is 0 Å². The zero-order valence-corrected chi connectivity index (χ0v) is 30.5. The lowest BCUT2D eigenvalue weighted by Gasteiger charge is -2.31. The van der Waals surface area contributed by atoms with Gasteiger partial charge in [-0.25, -0.2) is 9.97 Å². The molecule has 278 valence electrons. The fourth-order valence-corrected chi connectivity index (χ4v) is 7.85. The van der Waals surface area contributed by atoms with Crippen molar-refractivity contribution in [3.63, 3.8) is 0 Å². The van der Waals surface area contributed by atoms with Gasteiger partial charge >= 0.3 is 0 Å². The number of aromatic nitrogens is 4. The SMILES string of the molecule is Cn1c(-c2ccc(NC(=O)[C@@H]3CCCN3C(=O)[C@@H]3CCCN3C(=O)c3ccc(-c4nc5ccc(C(=N)N)cc5n4C)cc3)cc2)nc2ccc(C(=N)N)cc21. The van der Waals surface area contributed by atoms with Crippen molar-refractivity contribution in [1.29, 1.82) is 10.8 Å². The Morgan fingerprint density at radius 1 is 0.655 bits per heavy atom. The molecule has 14 nitrogen and oxygen atoms in total. The molecule has 4 aromatic carbocycles. The van der Waals surface area contributed by atoms with Crippen LogP contribution < -0.4 is 16.8 Å². The maximum atomic E-state index is 14.0. The Labute approximate surface area is 316 Å². The summed E-state index contributed by atoms with van der Waals surface area (Å²) in [6, 6.07) is 24.3. The van der Waals surface area contributed by atoms with Crippen LogP contribution in [0.3, 0.4) is 0 Å². The van der Waals surface area contributed by atoms with Crippen molar-refractivity contribution in [3.05, 3.63) is 102 Å². The standard InChI is InChI=1S/C41H41N11O3/c1-49-33-21-26(35(42)43)13-17-29(33)47-37(49)23-7-9-25(10-8-23)40(54)52-20-4-6-32(52)41(55)51-19-3-5-31(51)39(53)46-28-15-11-24(12-16-28)38-48-30-18-14-27(36(44)45)22-34(30)50(38)2/h7-18,21-22,31-32H,3-6,19-20H2,1-2H3,(H3,42,43)(H3,44,45)(H,46,53)/t31-,32-/m0/s1. The summed E-state index contributed by atoms with van der Waals surface area (Å²) in [4.78, 5) is 54.3. The van der Waals surface area contributed by atoms with Gasteiger partial charge < -0.3 is 35.7 Å². The lowest BCUT2D eigenvalue weighted by molar-refractivity contribution is -0.139. The third kappa shape index (κ3) is 6.34. The van der Waals surface area contributed by atoms with E-state index in [0.29, 0.717) is 67.0 Å². The molecular formula is C41H41N11O3. The third-order valence-electron chi connectivity index (χ3n) is 10.8. The molecule has 2 aliphatic rings. The number of nitrogens with one attached hydrogen (secondary N) is 3. The highest BCUT2D eigenvalue weighted by Crippen LogP contribution is 2.30. The second-order valence-corrected chi connectivity index (χ2v) is 14.2. The molecule has 0 bridgehead atoms. The Bertz CT molecular complexity index is 2540. The van der Waals surface area contributed by atoms with E-state index in [0.717, 1.165) is 39.0 Å². The summed E-state index contributed by atoms with van der Waals surface area (Å²) >= 11 is 0. The minimum absolute atomic E-state index is 0.00767. The van der Waals surface area contributed by atoms with Crippen LogP contribution in [0.25, 0.3) is 44.8 Å². The fraction of sp³-hybridized carbons (Fsp3) is 0.244. The molecule has 3 amide bonds. The van der Waals surface area contributed by atoms with Gasteiger partial charge in [0.15, 0.2) is 0 Å². The number of nitrogen functional groups attached to an aromatic ring is 2. The number of nitrogens with two attached hydrogens (primary N) is 2. The van der Waals surface area contributed by atoms with E-state index >= 15 is 0 Å². The van der Waals surface area contributed by atoms with E-state index in [9.17, 15) is 14.4 Å². The molecule has 0 aliphatic carbocycles. The van der Waals surface area contributed by atoms with Gasteiger partial charge in [-0.15, -0.1) is 0 Å². The molecule has 2 aromatic heterocycles. The molecule has 2 saturated heterocycles. The van der Waals surface area contributed by atoms with Gasteiger partial charge in [-0.1, -0.05) is 12.1 Å². The third-order valence-corrected chi connectivity index (χ3v) is 10.8. The van der Waals surface area contributed by atoms with Crippen molar-refractivity contribution >= 4 is 57.1 Å². The van der Waals surface area contributed by atoms with E-state index < -0.39 is 12.1 Å². The van der Waals surface area contributed by atoms with Crippen LogP contribution in [0.15, 0.2) is 84.9 Å². The monoisotopic (exact) mass is 735 g/mol. The molecular weight excluding hydrogens is 695 g/mol. The molecule has 0 saturated carbocycles. The van der Waals surface area contributed by atoms with Crippen molar-refractivity contribution < 1.29 is 14.4 Å². The van der Waals surface area contributed by atoms with E-state index in [1.54, 1.807) is 34.1 Å². The number of amidine groups is 2. The molecule has 2 fully saturated rings. The topological polar surface area (TPSA) is 205 Å². The Hall–Kier alpha value is -6.83. The first kappa shape index (κ1) is 35.2. The summed E-state index contributed by atoms with van der Waals surface area (Å²) in [6.45, 7) is 0.911. The number of carbonyl (C=O) groups is 3. The summed E-state index contributed by atoms with van der Waals surface area (Å²) < 4.78 is 3.88. The summed E-state index contributed by atoms with van der Waals surface area (Å²) in [5.41, 5.74) is 18.6. The predicted molar refractivity (Wildman–Crippen MR) is 212 cm³/mol. The van der Waals surface area contributed by atoms with Crippen molar-refractivity contribution in [2.75, 3.05) is 18.4 Å². The van der Waals surface area contributed by atoms with E-state index in [1.807, 2.05) is 83.9 Å². The number of aryl methyl sites for hydroxylation is 2. The Morgan fingerprint density at radius 3 is 1.65 bits per heavy atom. The molecule has 2 aliphatic heterocycles. The van der Waals surface area contributed by atoms with Crippen molar-refractivity contribution in [2.45, 2.75) is 37.8 Å². The van der Waals surface area contributed by atoms with Gasteiger partial charge in [0.25, 0.3) is 5.91 Å². The number of benzene rings is 4. The summed E-state index contributed by atoms with van der Waals surface area (Å²) in [5.74, 6) is 0.745. The van der Waals surface area contributed by atoms with E-state index in [4.69, 9.17) is 32.3 Å². The number of fused-ring (bicyclic) bond motifs is 2. The number of rotatable bonds is 8. The minimum Gasteiger partial charge on any atom is -0.384 e. The minimum atomic E-state index is -0.644. The first-order valence-corrected chi connectivity index (χ1v) is 18.2. The molecule has 7 N–H and O–H groups in total. The largest absolute Gasteiger partial charge is 0.384 e. The van der Waals surface area contributed by atoms with Crippen LogP contribution >= 0.6 is 0 Å². The number of carbonyl (C=O) groups excluding carboxylic acids is 3. The van der Waals surface area contributed by atoms with Gasteiger partial charge in [0.05, 0.1) is 22.1 Å². The van der Waals surface area contributed by atoms with Crippen LogP contribution in [0.5, 0.6) is 0 Å². The van der Waals surface area contributed by atoms with Crippen molar-refractivity contribution in [1.82, 2.24) is 28.9 Å². The molecule has 0 spiro atoms. The lowest BCUT2D eigenvalue weighted by Crippen LogP contribution is -2.51. The summed E-state index contributed by atoms with van der Waals surface area (Å²) in [5, 5.41) is 18.5. The number of hydrogen-bond acceptors (Lipinski definition) is 7. The first-order chi connectivity index (χ1) is 26.5. The van der Waals surface area contributed by atoms with Crippen LogP contribution in [0.4, 0.5) is 5.69 Å². The molecule has 2 atom stereocenters. The fourth-order valence-electron chi connectivity index (χ4n) is 7.85. The van der Waals surface area contributed by atoms with E-state index in [2.05, 4.69) is 5.32 Å². The zero-order chi connectivity index (χ0) is 38.5. The number of amides is 3. The van der Waals surface area contributed by atoms with Gasteiger partial charge in [-0.05, 0) is 98.5 Å². The van der Waals surface area contributed by atoms with Crippen LogP contribution in [0, 0.1) is 10.8 Å². The quantitative estimate of drug-likeness (QED) is 0.111. The van der Waals surface area contributed by atoms with Gasteiger partial charge in [0, 0.05) is 60.7 Å². The van der Waals surface area contributed by atoms with Crippen LogP contribution in [0.1, 0.15) is 47.2 Å². The molecule has 8 rings (SSSR count). The lowest BCUT2D eigenvalue weighted by atomic mass is 10.1. The highest BCUT2D eigenvalue weighted by molar-refractivity contribution is 6.02. The normalized spacial score (nSPS) is 16.9. The maximum absolute atomic E-state index is 14.0. The first-order valence-electron chi connectivity index (χ1n) is 18.2. The molecule has 14 heteroatoms. The number of likely N-dealkylation sites (tertiary alicyclic amines) is 2. The van der Waals surface area contributed by atoms with Gasteiger partial charge in [-0.3, -0.25) is 25.2 Å². The Kier molecular flexibility index (Phi) is 8.87. The summed E-state index contributed by atoms with van der Waals surface area (Å²) in [6.07, 6.45) is 2.47. The molecule has 0 radical (unpaired) electrons. The molecule has 4 heterocycles. The predicted octanol–water partition coefficient (Wildman–Crippen LogP) is 4.60. The van der Waals surface area contributed by atoms with Crippen molar-refractivity contribution in [2.24, 2.45) is 25.6 Å². The van der Waals surface area contributed by atoms with E-state index in [-0.39, 0.29) is 29.4 Å². The number of hydrogen-bond donors (Lipinski definition) is 5.